The van der Waals surface area contributed by atoms with Crippen molar-refractivity contribution in [2.24, 2.45) is 0 Å². The summed E-state index contributed by atoms with van der Waals surface area (Å²) in [5.41, 5.74) is 0.557. The van der Waals surface area contributed by atoms with Gasteiger partial charge in [-0.25, -0.2) is 0 Å². The Bertz CT molecular complexity index is 821. The molecule has 6 heteroatoms. The summed E-state index contributed by atoms with van der Waals surface area (Å²) in [6.45, 7) is 1.19. The smallest absolute Gasteiger partial charge is 0.189 e. The van der Waals surface area contributed by atoms with E-state index >= 15 is 0 Å². The minimum atomic E-state index is -1.38. The van der Waals surface area contributed by atoms with Crippen molar-refractivity contribution in [2.45, 2.75) is 19.4 Å². The van der Waals surface area contributed by atoms with Crippen molar-refractivity contribution in [3.8, 4) is 17.2 Å². The van der Waals surface area contributed by atoms with Gasteiger partial charge < -0.3 is 20.4 Å². The molecule has 4 N–H and O–H groups in total. The van der Waals surface area contributed by atoms with Crippen molar-refractivity contribution < 1.29 is 30.0 Å². The average molecular weight is 342 g/mol. The molecule has 130 valence electrons. The summed E-state index contributed by atoms with van der Waals surface area (Å²) in [4.78, 5) is 23.4. The highest BCUT2D eigenvalue weighted by Gasteiger charge is 2.20. The van der Waals surface area contributed by atoms with E-state index < -0.39 is 23.4 Å². The Balaban J connectivity index is 2.27. The number of hydrogen-bond acceptors (Lipinski definition) is 6. The highest BCUT2D eigenvalue weighted by Crippen LogP contribution is 2.32. The Morgan fingerprint density at radius 2 is 1.68 bits per heavy atom. The van der Waals surface area contributed by atoms with E-state index in [-0.39, 0.29) is 29.0 Å². The third-order valence-corrected chi connectivity index (χ3v) is 3.71. The number of benzene rings is 2. The molecular formula is C19H18O6. The van der Waals surface area contributed by atoms with E-state index in [1.165, 1.54) is 43.3 Å². The van der Waals surface area contributed by atoms with E-state index in [2.05, 4.69) is 0 Å². The second-order valence-corrected chi connectivity index (χ2v) is 5.58. The normalized spacial score (nSPS) is 12.2. The van der Waals surface area contributed by atoms with E-state index in [9.17, 15) is 30.0 Å². The third-order valence-electron chi connectivity index (χ3n) is 3.71. The van der Waals surface area contributed by atoms with Crippen molar-refractivity contribution in [1.82, 2.24) is 0 Å². The zero-order chi connectivity index (χ0) is 18.6. The lowest BCUT2D eigenvalue weighted by atomic mass is 9.98. The number of aromatic hydroxyl groups is 3. The quantitative estimate of drug-likeness (QED) is 0.472. The van der Waals surface area contributed by atoms with Crippen molar-refractivity contribution in [1.29, 1.82) is 0 Å². The molecule has 25 heavy (non-hydrogen) atoms. The molecule has 2 aromatic carbocycles. The number of hydrogen-bond donors (Lipinski definition) is 4. The Labute approximate surface area is 144 Å². The number of Topliss-reactive ketones (excluding diaryl/α,β-unsaturated/α-hetero) is 1. The minimum Gasteiger partial charge on any atom is -0.508 e. The molecule has 0 heterocycles. The largest absolute Gasteiger partial charge is 0.508 e. The van der Waals surface area contributed by atoms with Crippen LogP contribution < -0.4 is 0 Å². The van der Waals surface area contributed by atoms with E-state index in [4.69, 9.17) is 0 Å². The molecule has 0 aromatic heterocycles. The molecule has 0 amide bonds. The standard InChI is InChI=1S/C19H18O6/c1-11(20)18(24)10-15-17(23)9-7-14(19(15)25)16(22)8-4-12-2-5-13(21)6-3-12/h2-9,18,21,23-25H,10H2,1H3/b8-4+/t18-/m1/s1. The molecule has 2 rings (SSSR count). The van der Waals surface area contributed by atoms with Crippen LogP contribution >= 0.6 is 0 Å². The Hall–Kier alpha value is -3.12. The number of aliphatic hydroxyl groups excluding tert-OH is 1. The van der Waals surface area contributed by atoms with Gasteiger partial charge in [-0.05, 0) is 42.8 Å². The number of ketones is 2. The van der Waals surface area contributed by atoms with Crippen LogP contribution in [0.25, 0.3) is 6.08 Å². The molecule has 0 unspecified atom stereocenters. The van der Waals surface area contributed by atoms with Crippen LogP contribution in [0.4, 0.5) is 0 Å². The number of phenols is 3. The summed E-state index contributed by atoms with van der Waals surface area (Å²) >= 11 is 0. The molecule has 6 nitrogen and oxygen atoms in total. The van der Waals surface area contributed by atoms with Crippen LogP contribution in [0.3, 0.4) is 0 Å². The molecule has 0 bridgehead atoms. The van der Waals surface area contributed by atoms with Crippen LogP contribution in [-0.2, 0) is 11.2 Å². The fraction of sp³-hybridized carbons (Fsp3) is 0.158. The predicted molar refractivity (Wildman–Crippen MR) is 91.6 cm³/mol. The number of carbonyl (C=O) groups is 2. The van der Waals surface area contributed by atoms with Gasteiger partial charge in [0.15, 0.2) is 11.6 Å². The van der Waals surface area contributed by atoms with Gasteiger partial charge in [-0.2, -0.15) is 0 Å². The van der Waals surface area contributed by atoms with Crippen LogP contribution in [0.1, 0.15) is 28.4 Å². The van der Waals surface area contributed by atoms with Crippen LogP contribution in [0.15, 0.2) is 42.5 Å². The Kier molecular flexibility index (Phi) is 5.56. The van der Waals surface area contributed by atoms with Gasteiger partial charge in [-0.3, -0.25) is 9.59 Å². The molecule has 0 aliphatic heterocycles. The zero-order valence-electron chi connectivity index (χ0n) is 13.5. The first-order chi connectivity index (χ1) is 11.8. The van der Waals surface area contributed by atoms with E-state index in [0.29, 0.717) is 5.56 Å². The fourth-order valence-corrected chi connectivity index (χ4v) is 2.21. The maximum atomic E-state index is 12.3. The molecule has 0 spiro atoms. The first kappa shape index (κ1) is 18.2. The SMILES string of the molecule is CC(=O)[C@H](O)Cc1c(O)ccc(C(=O)/C=C/c2ccc(O)cc2)c1O. The molecule has 0 saturated carbocycles. The van der Waals surface area contributed by atoms with Crippen LogP contribution in [0.2, 0.25) is 0 Å². The number of aliphatic hydroxyl groups is 1. The summed E-state index contributed by atoms with van der Waals surface area (Å²) in [6, 6.07) is 8.67. The van der Waals surface area contributed by atoms with Gasteiger partial charge in [-0.1, -0.05) is 18.2 Å². The molecule has 0 aliphatic carbocycles. The maximum Gasteiger partial charge on any atom is 0.189 e. The fourth-order valence-electron chi connectivity index (χ4n) is 2.21. The molecule has 0 radical (unpaired) electrons. The minimum absolute atomic E-state index is 0.0569. The lowest BCUT2D eigenvalue weighted by Crippen LogP contribution is -2.20. The summed E-state index contributed by atoms with van der Waals surface area (Å²) in [5.74, 6) is -1.70. The van der Waals surface area contributed by atoms with Gasteiger partial charge in [0.1, 0.15) is 23.4 Å². The molecule has 0 aliphatic rings. The second-order valence-electron chi connectivity index (χ2n) is 5.58. The van der Waals surface area contributed by atoms with Gasteiger partial charge in [0, 0.05) is 12.0 Å². The Morgan fingerprint density at radius 1 is 1.04 bits per heavy atom. The van der Waals surface area contributed by atoms with Gasteiger partial charge >= 0.3 is 0 Å². The number of rotatable bonds is 6. The van der Waals surface area contributed by atoms with Crippen molar-refractivity contribution >= 4 is 17.6 Å². The van der Waals surface area contributed by atoms with Crippen molar-refractivity contribution in [2.75, 3.05) is 0 Å². The molecule has 2 aromatic rings. The molecular weight excluding hydrogens is 324 g/mol. The topological polar surface area (TPSA) is 115 Å². The summed E-state index contributed by atoms with van der Waals surface area (Å²) < 4.78 is 0. The molecule has 0 fully saturated rings. The van der Waals surface area contributed by atoms with Gasteiger partial charge in [0.2, 0.25) is 0 Å². The lowest BCUT2D eigenvalue weighted by molar-refractivity contribution is -0.124. The second kappa shape index (κ2) is 7.63. The summed E-state index contributed by atoms with van der Waals surface area (Å²) in [6.07, 6.45) is 1.08. The average Bonchev–Trinajstić information content (AvgIpc) is 2.57. The van der Waals surface area contributed by atoms with Gasteiger partial charge in [0.25, 0.3) is 0 Å². The van der Waals surface area contributed by atoms with Crippen LogP contribution in [0, 0.1) is 0 Å². The first-order valence-electron chi connectivity index (χ1n) is 7.53. The third kappa shape index (κ3) is 4.45. The summed E-state index contributed by atoms with van der Waals surface area (Å²) in [5, 5.41) is 38.9. The van der Waals surface area contributed by atoms with Gasteiger partial charge in [-0.15, -0.1) is 0 Å². The number of carbonyl (C=O) groups excluding carboxylic acids is 2. The van der Waals surface area contributed by atoms with Crippen LogP contribution in [0.5, 0.6) is 17.2 Å². The van der Waals surface area contributed by atoms with Gasteiger partial charge in [0.05, 0.1) is 5.56 Å². The lowest BCUT2D eigenvalue weighted by Gasteiger charge is -2.12. The van der Waals surface area contributed by atoms with Crippen LogP contribution in [-0.4, -0.2) is 38.1 Å². The highest BCUT2D eigenvalue weighted by atomic mass is 16.3. The summed E-state index contributed by atoms with van der Waals surface area (Å²) in [7, 11) is 0. The number of allylic oxidation sites excluding steroid dienone is 1. The molecule has 1 atom stereocenters. The zero-order valence-corrected chi connectivity index (χ0v) is 13.5. The van der Waals surface area contributed by atoms with E-state index in [0.717, 1.165) is 0 Å². The molecule has 0 saturated heterocycles. The van der Waals surface area contributed by atoms with Crippen molar-refractivity contribution in [3.63, 3.8) is 0 Å². The monoisotopic (exact) mass is 342 g/mol. The number of phenolic OH excluding ortho intramolecular Hbond substituents is 3. The maximum absolute atomic E-state index is 12.3. The Morgan fingerprint density at radius 3 is 2.28 bits per heavy atom. The predicted octanol–water partition coefficient (Wildman–Crippen LogP) is 2.19. The van der Waals surface area contributed by atoms with E-state index in [1.807, 2.05) is 0 Å². The van der Waals surface area contributed by atoms with Crippen molar-refractivity contribution in [3.05, 3.63) is 59.2 Å². The highest BCUT2D eigenvalue weighted by molar-refractivity contribution is 6.09. The van der Waals surface area contributed by atoms with E-state index in [1.54, 1.807) is 12.1 Å². The first-order valence-corrected chi connectivity index (χ1v) is 7.53.